The van der Waals surface area contributed by atoms with Crippen molar-refractivity contribution in [2.75, 3.05) is 0 Å². The maximum absolute atomic E-state index is 12.7. The molecule has 0 aliphatic rings. The van der Waals surface area contributed by atoms with E-state index in [1.54, 1.807) is 6.07 Å². The number of aryl methyl sites for hydroxylation is 1. The fourth-order valence-corrected chi connectivity index (χ4v) is 4.35. The lowest BCUT2D eigenvalue weighted by molar-refractivity contribution is 0.552. The highest BCUT2D eigenvalue weighted by atomic mass is 35.5. The van der Waals surface area contributed by atoms with Crippen molar-refractivity contribution in [3.8, 4) is 0 Å². The highest BCUT2D eigenvalue weighted by molar-refractivity contribution is 6.31. The smallest absolute Gasteiger partial charge is 0.142 e. The van der Waals surface area contributed by atoms with E-state index in [-0.39, 0.29) is 33.3 Å². The molecule has 0 atom stereocenters. The topological polar surface area (TPSA) is 51.6 Å². The van der Waals surface area contributed by atoms with Crippen LogP contribution >= 0.6 is 11.6 Å². The zero-order chi connectivity index (χ0) is 34.8. The third kappa shape index (κ3) is 14.5. The SMILES string of the molecule is CC(C)(C)c1ccc(F)cn1.CC(C)(C)c1ccccn1.CC(C)(C)c1ncc(F)cc1Cl.Cc1cc(F)cnc1C(C)(C)C. The first-order chi connectivity index (χ1) is 20.4. The van der Waals surface area contributed by atoms with Crippen molar-refractivity contribution in [3.05, 3.63) is 118 Å². The molecule has 0 bridgehead atoms. The van der Waals surface area contributed by atoms with Crippen LogP contribution in [0.3, 0.4) is 0 Å². The lowest BCUT2D eigenvalue weighted by Gasteiger charge is -2.19. The van der Waals surface area contributed by atoms with Crippen LogP contribution < -0.4 is 0 Å². The average Bonchev–Trinajstić information content (AvgIpc) is 2.88. The molecule has 0 aromatic carbocycles. The Morgan fingerprint density at radius 1 is 0.511 bits per heavy atom. The van der Waals surface area contributed by atoms with Gasteiger partial charge in [-0.2, -0.15) is 0 Å². The maximum Gasteiger partial charge on any atom is 0.142 e. The van der Waals surface area contributed by atoms with Gasteiger partial charge in [0.15, 0.2) is 0 Å². The molecule has 45 heavy (non-hydrogen) atoms. The van der Waals surface area contributed by atoms with Crippen LogP contribution in [0.4, 0.5) is 13.2 Å². The molecule has 0 radical (unpaired) electrons. The molecule has 246 valence electrons. The van der Waals surface area contributed by atoms with Crippen molar-refractivity contribution < 1.29 is 13.2 Å². The third-order valence-corrected chi connectivity index (χ3v) is 6.49. The van der Waals surface area contributed by atoms with Gasteiger partial charge in [0.25, 0.3) is 0 Å². The molecule has 4 aromatic heterocycles. The van der Waals surface area contributed by atoms with Gasteiger partial charge in [-0.3, -0.25) is 19.9 Å². The standard InChI is InChI=1S/C10H14FN.C9H11ClFN.C9H12FN.C9H13N/c1-7-5-8(11)6-12-9(7)10(2,3)4;1-9(2,3)8-7(10)4-6(11)5-12-8;1-9(2,3)8-5-4-7(10)6-11-8;1-9(2,3)8-6-4-5-7-10-8/h5-6H,1-4H3;4-5H,1-3H3;4-6H,1-3H3;4-7H,1-3H3. The molecule has 8 heteroatoms. The van der Waals surface area contributed by atoms with E-state index < -0.39 is 5.82 Å². The van der Waals surface area contributed by atoms with Crippen LogP contribution in [0.2, 0.25) is 5.02 Å². The minimum absolute atomic E-state index is 0.00220. The number of hydrogen-bond donors (Lipinski definition) is 0. The molecule has 0 saturated carbocycles. The summed E-state index contributed by atoms with van der Waals surface area (Å²) in [6.45, 7) is 26.7. The predicted octanol–water partition coefficient (Wildman–Crippen LogP) is 10.9. The molecule has 4 nitrogen and oxygen atoms in total. The highest BCUT2D eigenvalue weighted by Gasteiger charge is 2.19. The quantitative estimate of drug-likeness (QED) is 0.191. The summed E-state index contributed by atoms with van der Waals surface area (Å²) < 4.78 is 37.7. The van der Waals surface area contributed by atoms with E-state index in [0.29, 0.717) is 5.02 Å². The summed E-state index contributed by atoms with van der Waals surface area (Å²) in [5.74, 6) is -0.938. The summed E-state index contributed by atoms with van der Waals surface area (Å²) >= 11 is 5.81. The molecule has 0 aliphatic carbocycles. The fourth-order valence-electron chi connectivity index (χ4n) is 3.92. The second-order valence-corrected chi connectivity index (χ2v) is 15.3. The van der Waals surface area contributed by atoms with Crippen LogP contribution in [0.25, 0.3) is 0 Å². The molecule has 0 saturated heterocycles. The Hall–Kier alpha value is -3.32. The van der Waals surface area contributed by atoms with Crippen molar-refractivity contribution >= 4 is 11.6 Å². The van der Waals surface area contributed by atoms with E-state index in [4.69, 9.17) is 11.6 Å². The van der Waals surface area contributed by atoms with Gasteiger partial charge in [0.2, 0.25) is 0 Å². The van der Waals surface area contributed by atoms with Crippen molar-refractivity contribution in [2.45, 2.75) is 112 Å². The summed E-state index contributed by atoms with van der Waals surface area (Å²) in [7, 11) is 0. The summed E-state index contributed by atoms with van der Waals surface area (Å²) in [5.41, 5.74) is 4.73. The fraction of sp³-hybridized carbons (Fsp3) is 0.459. The molecule has 4 aromatic rings. The van der Waals surface area contributed by atoms with Gasteiger partial charge >= 0.3 is 0 Å². The molecule has 0 spiro atoms. The Labute approximate surface area is 274 Å². The third-order valence-electron chi connectivity index (χ3n) is 6.20. The molecule has 0 amide bonds. The number of halogens is 4. The first-order valence-electron chi connectivity index (χ1n) is 14.9. The number of hydrogen-bond acceptors (Lipinski definition) is 4. The first kappa shape index (κ1) is 39.7. The Balaban J connectivity index is 0.000000301. The van der Waals surface area contributed by atoms with Gasteiger partial charge in [-0.1, -0.05) is 101 Å². The summed E-state index contributed by atoms with van der Waals surface area (Å²) in [6, 6.07) is 12.0. The van der Waals surface area contributed by atoms with Crippen LogP contribution in [0.1, 0.15) is 111 Å². The second-order valence-electron chi connectivity index (χ2n) is 14.9. The van der Waals surface area contributed by atoms with E-state index in [2.05, 4.69) is 67.5 Å². The van der Waals surface area contributed by atoms with Crippen LogP contribution in [0, 0.1) is 24.4 Å². The van der Waals surface area contributed by atoms with Crippen LogP contribution in [-0.2, 0) is 21.7 Å². The molecule has 0 N–H and O–H groups in total. The van der Waals surface area contributed by atoms with Gasteiger partial charge in [-0.05, 0) is 48.9 Å². The van der Waals surface area contributed by atoms with Crippen molar-refractivity contribution in [2.24, 2.45) is 0 Å². The number of nitrogens with zero attached hydrogens (tertiary/aromatic N) is 4. The Kier molecular flexibility index (Phi) is 14.4. The highest BCUT2D eigenvalue weighted by Crippen LogP contribution is 2.27. The van der Waals surface area contributed by atoms with E-state index in [1.165, 1.54) is 36.8 Å². The van der Waals surface area contributed by atoms with Gasteiger partial charge in [-0.15, -0.1) is 0 Å². The number of aromatic nitrogens is 4. The van der Waals surface area contributed by atoms with E-state index in [9.17, 15) is 13.2 Å². The molecule has 0 unspecified atom stereocenters. The zero-order valence-corrected chi connectivity index (χ0v) is 29.9. The second kappa shape index (κ2) is 16.3. The van der Waals surface area contributed by atoms with Gasteiger partial charge in [0.1, 0.15) is 17.5 Å². The van der Waals surface area contributed by atoms with Gasteiger partial charge in [-0.25, -0.2) is 13.2 Å². The summed E-state index contributed by atoms with van der Waals surface area (Å²) in [6.07, 6.45) is 5.54. The van der Waals surface area contributed by atoms with Crippen molar-refractivity contribution in [1.82, 2.24) is 19.9 Å². The van der Waals surface area contributed by atoms with Gasteiger partial charge in [0.05, 0.1) is 29.3 Å². The zero-order valence-electron chi connectivity index (χ0n) is 29.2. The molecule has 4 rings (SSSR count). The summed E-state index contributed by atoms with van der Waals surface area (Å²) in [4.78, 5) is 16.2. The maximum atomic E-state index is 12.7. The normalized spacial score (nSPS) is 11.7. The van der Waals surface area contributed by atoms with E-state index >= 15 is 0 Å². The molecular formula is C37H50ClF3N4. The minimum atomic E-state index is -0.395. The lowest BCUT2D eigenvalue weighted by atomic mass is 9.89. The molecule has 0 aliphatic heterocycles. The van der Waals surface area contributed by atoms with Gasteiger partial charge < -0.3 is 0 Å². The van der Waals surface area contributed by atoms with E-state index in [1.807, 2.05) is 66.8 Å². The number of rotatable bonds is 0. The predicted molar refractivity (Wildman–Crippen MR) is 181 cm³/mol. The monoisotopic (exact) mass is 642 g/mol. The number of pyridine rings is 4. The average molecular weight is 643 g/mol. The lowest BCUT2D eigenvalue weighted by Crippen LogP contribution is -2.15. The Morgan fingerprint density at radius 3 is 1.33 bits per heavy atom. The van der Waals surface area contributed by atoms with E-state index in [0.717, 1.165) is 28.3 Å². The Morgan fingerprint density at radius 2 is 0.978 bits per heavy atom. The Bertz CT molecular complexity index is 1400. The minimum Gasteiger partial charge on any atom is -0.261 e. The first-order valence-corrected chi connectivity index (χ1v) is 15.3. The van der Waals surface area contributed by atoms with Gasteiger partial charge in [0, 0.05) is 44.9 Å². The molecule has 0 fully saturated rings. The van der Waals surface area contributed by atoms with Crippen molar-refractivity contribution in [1.29, 1.82) is 0 Å². The summed E-state index contributed by atoms with van der Waals surface area (Å²) in [5, 5.41) is 0.391. The molecular weight excluding hydrogens is 593 g/mol. The van der Waals surface area contributed by atoms with Crippen LogP contribution in [-0.4, -0.2) is 19.9 Å². The largest absolute Gasteiger partial charge is 0.261 e. The van der Waals surface area contributed by atoms with Crippen LogP contribution in [0.15, 0.2) is 67.3 Å². The van der Waals surface area contributed by atoms with Crippen molar-refractivity contribution in [3.63, 3.8) is 0 Å². The molecule has 4 heterocycles. The van der Waals surface area contributed by atoms with Crippen LogP contribution in [0.5, 0.6) is 0 Å².